The van der Waals surface area contributed by atoms with Crippen molar-refractivity contribution in [2.75, 3.05) is 20.2 Å². The number of methoxy groups -OCH3 is 1. The molecule has 0 atom stereocenters. The average molecular weight is 444 g/mol. The molecule has 0 N–H and O–H groups in total. The fourth-order valence-electron chi connectivity index (χ4n) is 4.60. The molecule has 8 heteroatoms. The van der Waals surface area contributed by atoms with Gasteiger partial charge in [0.15, 0.2) is 5.75 Å². The molecule has 2 aromatic heterocycles. The van der Waals surface area contributed by atoms with Gasteiger partial charge in [0, 0.05) is 25.4 Å². The van der Waals surface area contributed by atoms with Crippen LogP contribution in [0.3, 0.4) is 0 Å². The molecule has 0 radical (unpaired) electrons. The van der Waals surface area contributed by atoms with Crippen LogP contribution in [0.2, 0.25) is 0 Å². The maximum atomic E-state index is 12.9. The number of esters is 1. The number of carbonyl (C=O) groups is 2. The van der Waals surface area contributed by atoms with Crippen molar-refractivity contribution in [2.45, 2.75) is 25.7 Å². The molecule has 0 unspecified atom stereocenters. The van der Waals surface area contributed by atoms with E-state index >= 15 is 0 Å². The molecule has 1 aliphatic heterocycles. The third-order valence-electron chi connectivity index (χ3n) is 6.72. The first kappa shape index (κ1) is 21.0. The highest BCUT2D eigenvalue weighted by atomic mass is 16.5. The first-order valence-corrected chi connectivity index (χ1v) is 11.0. The number of aromatic nitrogens is 2. The number of rotatable bonds is 5. The Morgan fingerprint density at radius 3 is 2.55 bits per heavy atom. The lowest BCUT2D eigenvalue weighted by Gasteiger charge is -2.35. The van der Waals surface area contributed by atoms with Gasteiger partial charge in [-0.1, -0.05) is 12.1 Å². The Labute approximate surface area is 191 Å². The highest BCUT2D eigenvalue weighted by Gasteiger charge is 2.36. The van der Waals surface area contributed by atoms with Gasteiger partial charge in [-0.15, -0.1) is 0 Å². The van der Waals surface area contributed by atoms with Crippen LogP contribution in [0.15, 0.2) is 42.7 Å². The number of aryl methyl sites for hydroxylation is 1. The van der Waals surface area contributed by atoms with E-state index in [0.717, 1.165) is 23.9 Å². The molecule has 1 saturated carbocycles. The van der Waals surface area contributed by atoms with E-state index in [-0.39, 0.29) is 23.7 Å². The Balaban J connectivity index is 1.32. The highest BCUT2D eigenvalue weighted by molar-refractivity contribution is 5.98. The second kappa shape index (κ2) is 8.24. The molecule has 5 rings (SSSR count). The lowest BCUT2D eigenvalue weighted by atomic mass is 9.71. The van der Waals surface area contributed by atoms with E-state index in [1.807, 2.05) is 31.2 Å². The number of fused-ring (bicyclic) bond motifs is 1. The number of ether oxygens (including phenoxy) is 2. The number of hydrogen-bond donors (Lipinski definition) is 0. The summed E-state index contributed by atoms with van der Waals surface area (Å²) >= 11 is 0. The van der Waals surface area contributed by atoms with Gasteiger partial charge in [-0.3, -0.25) is 9.59 Å². The van der Waals surface area contributed by atoms with Crippen LogP contribution in [0.25, 0.3) is 5.52 Å². The first-order chi connectivity index (χ1) is 16.0. The van der Waals surface area contributed by atoms with Gasteiger partial charge in [-0.25, -0.2) is 4.52 Å². The third-order valence-corrected chi connectivity index (χ3v) is 6.72. The molecule has 3 aromatic rings. The van der Waals surface area contributed by atoms with Gasteiger partial charge in [0.25, 0.3) is 5.91 Å². The van der Waals surface area contributed by atoms with Crippen LogP contribution < -0.4 is 4.74 Å². The smallest absolute Gasteiger partial charge is 0.308 e. The van der Waals surface area contributed by atoms with Gasteiger partial charge in [0.2, 0.25) is 0 Å². The van der Waals surface area contributed by atoms with Gasteiger partial charge in [-0.2, -0.15) is 10.4 Å². The van der Waals surface area contributed by atoms with Crippen molar-refractivity contribution < 1.29 is 19.1 Å². The predicted molar refractivity (Wildman–Crippen MR) is 119 cm³/mol. The Hall–Kier alpha value is -3.86. The molecular formula is C25H24N4O4. The van der Waals surface area contributed by atoms with Gasteiger partial charge in [-0.05, 0) is 48.9 Å². The Bertz CT molecular complexity index is 1260. The van der Waals surface area contributed by atoms with Crippen LogP contribution in [0, 0.1) is 30.1 Å². The molecule has 1 saturated heterocycles. The quantitative estimate of drug-likeness (QED) is 0.557. The van der Waals surface area contributed by atoms with Crippen LogP contribution in [0.5, 0.6) is 11.5 Å². The molecule has 2 fully saturated rings. The minimum Gasteiger partial charge on any atom is -0.469 e. The maximum Gasteiger partial charge on any atom is 0.308 e. The van der Waals surface area contributed by atoms with Crippen molar-refractivity contribution in [3.05, 3.63) is 59.4 Å². The summed E-state index contributed by atoms with van der Waals surface area (Å²) in [5.74, 6) is 1.35. The van der Waals surface area contributed by atoms with Crippen LogP contribution in [0.4, 0.5) is 0 Å². The molecule has 0 bridgehead atoms. The average Bonchev–Trinajstić information content (AvgIpc) is 3.10. The van der Waals surface area contributed by atoms with Crippen LogP contribution in [-0.2, 0) is 9.53 Å². The van der Waals surface area contributed by atoms with Crippen LogP contribution in [-0.4, -0.2) is 46.6 Å². The molecule has 168 valence electrons. The molecule has 1 amide bonds. The minimum absolute atomic E-state index is 0.00248. The summed E-state index contributed by atoms with van der Waals surface area (Å²) in [5.41, 5.74) is 3.28. The summed E-state index contributed by atoms with van der Waals surface area (Å²) in [6.45, 7) is 2.81. The SMILES string of the molecule is COC(=O)C1CC(c2ccc(Oc3ccnn4cc(C(=O)N5CC(C#N)C5)c(C)c34)cc2)C1. The lowest BCUT2D eigenvalue weighted by molar-refractivity contribution is -0.148. The van der Waals surface area contributed by atoms with Crippen LogP contribution >= 0.6 is 0 Å². The molecule has 33 heavy (non-hydrogen) atoms. The zero-order valence-corrected chi connectivity index (χ0v) is 18.5. The second-order valence-corrected chi connectivity index (χ2v) is 8.75. The summed E-state index contributed by atoms with van der Waals surface area (Å²) in [7, 11) is 1.43. The number of nitrogens with zero attached hydrogens (tertiary/aromatic N) is 4. The summed E-state index contributed by atoms with van der Waals surface area (Å²) < 4.78 is 12.6. The largest absolute Gasteiger partial charge is 0.469 e. The molecule has 8 nitrogen and oxygen atoms in total. The van der Waals surface area contributed by atoms with Gasteiger partial charge in [0.1, 0.15) is 11.3 Å². The molecule has 1 aromatic carbocycles. The third kappa shape index (κ3) is 3.69. The minimum atomic E-state index is -0.132. The number of hydrogen-bond acceptors (Lipinski definition) is 6. The number of benzene rings is 1. The van der Waals surface area contributed by atoms with E-state index in [1.165, 1.54) is 12.7 Å². The molecule has 0 spiro atoms. The van der Waals surface area contributed by atoms with Gasteiger partial charge in [0.05, 0.1) is 36.8 Å². The standard InChI is InChI=1S/C25H24N4O4/c1-15-21(24(30)28-12-16(11-26)13-28)14-29-23(15)22(7-8-27-29)33-20-5-3-17(4-6-20)18-9-19(10-18)25(31)32-2/h3-8,14,16,18-19H,9-10,12-13H2,1-2H3. The summed E-state index contributed by atoms with van der Waals surface area (Å²) in [4.78, 5) is 26.2. The zero-order valence-electron chi connectivity index (χ0n) is 18.5. The van der Waals surface area contributed by atoms with E-state index in [2.05, 4.69) is 11.2 Å². The van der Waals surface area contributed by atoms with Gasteiger partial charge >= 0.3 is 5.97 Å². The summed E-state index contributed by atoms with van der Waals surface area (Å²) in [6, 6.07) is 11.9. The first-order valence-electron chi connectivity index (χ1n) is 11.0. The fourth-order valence-corrected chi connectivity index (χ4v) is 4.60. The van der Waals surface area contributed by atoms with Gasteiger partial charge < -0.3 is 14.4 Å². The van der Waals surface area contributed by atoms with Crippen molar-refractivity contribution in [3.63, 3.8) is 0 Å². The fraction of sp³-hybridized carbons (Fsp3) is 0.360. The predicted octanol–water partition coefficient (Wildman–Crippen LogP) is 3.70. The normalized spacial score (nSPS) is 20.0. The van der Waals surface area contributed by atoms with Crippen molar-refractivity contribution in [1.82, 2.24) is 14.5 Å². The van der Waals surface area contributed by atoms with Crippen molar-refractivity contribution in [1.29, 1.82) is 5.26 Å². The number of carbonyl (C=O) groups excluding carboxylic acids is 2. The Kier molecular flexibility index (Phi) is 5.25. The number of nitriles is 1. The molecule has 2 aliphatic rings. The van der Waals surface area contributed by atoms with E-state index < -0.39 is 0 Å². The summed E-state index contributed by atoms with van der Waals surface area (Å²) in [5, 5.41) is 13.3. The number of likely N-dealkylation sites (tertiary alicyclic amines) is 1. The Morgan fingerprint density at radius 1 is 1.15 bits per heavy atom. The van der Waals surface area contributed by atoms with E-state index in [0.29, 0.717) is 36.1 Å². The number of amides is 1. The van der Waals surface area contributed by atoms with E-state index in [9.17, 15) is 9.59 Å². The Morgan fingerprint density at radius 2 is 1.88 bits per heavy atom. The second-order valence-electron chi connectivity index (χ2n) is 8.75. The topological polar surface area (TPSA) is 96.9 Å². The lowest BCUT2D eigenvalue weighted by Crippen LogP contribution is -2.49. The maximum absolute atomic E-state index is 12.9. The molecular weight excluding hydrogens is 420 g/mol. The van der Waals surface area contributed by atoms with Crippen LogP contribution in [0.1, 0.15) is 40.2 Å². The highest BCUT2D eigenvalue weighted by Crippen LogP contribution is 2.42. The van der Waals surface area contributed by atoms with Crippen molar-refractivity contribution in [2.24, 2.45) is 11.8 Å². The van der Waals surface area contributed by atoms with Crippen molar-refractivity contribution >= 4 is 17.4 Å². The zero-order chi connectivity index (χ0) is 23.1. The van der Waals surface area contributed by atoms with E-state index in [4.69, 9.17) is 14.7 Å². The van der Waals surface area contributed by atoms with Crippen molar-refractivity contribution in [3.8, 4) is 17.6 Å². The molecule has 1 aliphatic carbocycles. The monoisotopic (exact) mass is 444 g/mol. The van der Waals surface area contributed by atoms with E-state index in [1.54, 1.807) is 27.9 Å². The summed E-state index contributed by atoms with van der Waals surface area (Å²) in [6.07, 6.45) is 4.98. The molecule has 3 heterocycles.